The van der Waals surface area contributed by atoms with Gasteiger partial charge in [-0.2, -0.15) is 0 Å². The zero-order chi connectivity index (χ0) is 24.7. The number of carbonyl (C=O) groups is 1. The van der Waals surface area contributed by atoms with Crippen LogP contribution in [0.4, 0.5) is 14.5 Å². The Morgan fingerprint density at radius 1 is 1.19 bits per heavy atom. The predicted molar refractivity (Wildman–Crippen MR) is 137 cm³/mol. The van der Waals surface area contributed by atoms with Gasteiger partial charge in [-0.3, -0.25) is 4.79 Å². The van der Waals surface area contributed by atoms with Gasteiger partial charge in [0.15, 0.2) is 11.6 Å². The van der Waals surface area contributed by atoms with Crippen LogP contribution in [0.15, 0.2) is 48.5 Å². The van der Waals surface area contributed by atoms with E-state index in [0.717, 1.165) is 5.56 Å². The fourth-order valence-electron chi connectivity index (χ4n) is 5.31. The second-order valence-corrected chi connectivity index (χ2v) is 9.06. The van der Waals surface area contributed by atoms with Gasteiger partial charge in [0.1, 0.15) is 12.4 Å². The minimum atomic E-state index is -0.888. The molecule has 36 heavy (non-hydrogen) atoms. The third kappa shape index (κ3) is 4.08. The summed E-state index contributed by atoms with van der Waals surface area (Å²) < 4.78 is 36.5. The number of hydrogen-bond acceptors (Lipinski definition) is 5. The standard InChI is InChI=1S/C26H24ClF2N3O3.ClH/c27-23-18(28)12-19-17(13-26(14-31-8-9-32(19)26)15-4-2-1-3-5-15)21(23)22-16(25(30)34)6-7-20(24(22)29)35-11-10-33;/h1-7,12,31,33H,8-11,13-14H2,(H2,30,34);1H/t26-;/m0./s1. The lowest BCUT2D eigenvalue weighted by atomic mass is 9.83. The van der Waals surface area contributed by atoms with E-state index in [9.17, 15) is 4.79 Å². The minimum Gasteiger partial charge on any atom is -0.488 e. The van der Waals surface area contributed by atoms with E-state index < -0.39 is 23.1 Å². The quantitative estimate of drug-likeness (QED) is 0.443. The van der Waals surface area contributed by atoms with Gasteiger partial charge in [-0.25, -0.2) is 8.78 Å². The molecule has 10 heteroatoms. The van der Waals surface area contributed by atoms with Gasteiger partial charge < -0.3 is 25.8 Å². The van der Waals surface area contributed by atoms with E-state index in [1.54, 1.807) is 0 Å². The average Bonchev–Trinajstić information content (AvgIpc) is 3.20. The molecule has 0 aliphatic carbocycles. The maximum atomic E-state index is 15.8. The van der Waals surface area contributed by atoms with E-state index in [2.05, 4.69) is 10.2 Å². The highest BCUT2D eigenvalue weighted by atomic mass is 35.5. The molecular formula is C26H25Cl2F2N3O3. The van der Waals surface area contributed by atoms with Crippen molar-refractivity contribution in [1.82, 2.24) is 5.32 Å². The summed E-state index contributed by atoms with van der Waals surface area (Å²) >= 11 is 6.50. The molecule has 190 valence electrons. The van der Waals surface area contributed by atoms with E-state index in [4.69, 9.17) is 27.2 Å². The van der Waals surface area contributed by atoms with Crippen molar-refractivity contribution in [2.75, 3.05) is 37.7 Å². The van der Waals surface area contributed by atoms with Crippen molar-refractivity contribution in [3.8, 4) is 16.9 Å². The molecule has 5 rings (SSSR count). The molecule has 1 amide bonds. The third-order valence-electron chi connectivity index (χ3n) is 6.79. The summed E-state index contributed by atoms with van der Waals surface area (Å²) in [5.41, 5.74) is 7.07. The SMILES string of the molecule is Cl.NC(=O)c1ccc(OCCO)c(F)c1-c1c(Cl)c(F)cc2c1C[C@@]1(c3ccccc3)CNCCN21. The summed E-state index contributed by atoms with van der Waals surface area (Å²) in [5.74, 6) is -2.68. The zero-order valence-corrected chi connectivity index (χ0v) is 20.8. The van der Waals surface area contributed by atoms with E-state index in [1.807, 2.05) is 30.3 Å². The largest absolute Gasteiger partial charge is 0.488 e. The Morgan fingerprint density at radius 3 is 2.64 bits per heavy atom. The molecule has 1 saturated heterocycles. The smallest absolute Gasteiger partial charge is 0.249 e. The first-order chi connectivity index (χ1) is 16.9. The number of ether oxygens (including phenoxy) is 1. The van der Waals surface area contributed by atoms with Gasteiger partial charge in [-0.15, -0.1) is 12.4 Å². The Bertz CT molecular complexity index is 1310. The van der Waals surface area contributed by atoms with Gasteiger partial charge in [-0.1, -0.05) is 41.9 Å². The summed E-state index contributed by atoms with van der Waals surface area (Å²) in [6.45, 7) is 1.41. The summed E-state index contributed by atoms with van der Waals surface area (Å²) in [5, 5.41) is 12.2. The topological polar surface area (TPSA) is 87.8 Å². The number of aliphatic hydroxyl groups is 1. The average molecular weight is 536 g/mol. The maximum absolute atomic E-state index is 15.8. The van der Waals surface area contributed by atoms with Crippen LogP contribution in [0, 0.1) is 11.6 Å². The number of carbonyl (C=O) groups excluding carboxylic acids is 1. The lowest BCUT2D eigenvalue weighted by Gasteiger charge is -2.45. The highest BCUT2D eigenvalue weighted by Crippen LogP contribution is 2.52. The number of piperazine rings is 1. The second kappa shape index (κ2) is 10.2. The Hall–Kier alpha value is -2.91. The molecule has 0 bridgehead atoms. The van der Waals surface area contributed by atoms with Gasteiger partial charge in [0.05, 0.1) is 22.7 Å². The first kappa shape index (κ1) is 26.2. The molecule has 2 aliphatic heterocycles. The fraction of sp³-hybridized carbons (Fsp3) is 0.269. The van der Waals surface area contributed by atoms with Gasteiger partial charge in [0.25, 0.3) is 0 Å². The zero-order valence-electron chi connectivity index (χ0n) is 19.2. The molecule has 0 aromatic heterocycles. The highest BCUT2D eigenvalue weighted by Gasteiger charge is 2.48. The monoisotopic (exact) mass is 535 g/mol. The molecule has 6 nitrogen and oxygen atoms in total. The van der Waals surface area contributed by atoms with Crippen LogP contribution in [0.25, 0.3) is 11.1 Å². The number of anilines is 1. The Kier molecular flexibility index (Phi) is 7.43. The van der Waals surface area contributed by atoms with Crippen LogP contribution in [-0.4, -0.2) is 43.9 Å². The van der Waals surface area contributed by atoms with Crippen molar-refractivity contribution in [2.45, 2.75) is 12.0 Å². The number of nitrogens with one attached hydrogen (secondary N) is 1. The Balaban J connectivity index is 0.00000304. The number of nitrogens with two attached hydrogens (primary N) is 1. The molecule has 0 spiro atoms. The summed E-state index contributed by atoms with van der Waals surface area (Å²) in [7, 11) is 0. The van der Waals surface area contributed by atoms with Crippen molar-refractivity contribution >= 4 is 35.6 Å². The predicted octanol–water partition coefficient (Wildman–Crippen LogP) is 4.04. The summed E-state index contributed by atoms with van der Waals surface area (Å²) in [4.78, 5) is 14.5. The van der Waals surface area contributed by atoms with E-state index in [1.165, 1.54) is 18.2 Å². The lowest BCUT2D eigenvalue weighted by molar-refractivity contribution is 0.100. The maximum Gasteiger partial charge on any atom is 0.249 e. The third-order valence-corrected chi connectivity index (χ3v) is 7.16. The van der Waals surface area contributed by atoms with Crippen LogP contribution in [0.3, 0.4) is 0 Å². The Labute approximate surface area is 218 Å². The number of nitrogens with zero attached hydrogens (tertiary/aromatic N) is 1. The molecule has 1 atom stereocenters. The molecule has 0 unspecified atom stereocenters. The van der Waals surface area contributed by atoms with Crippen LogP contribution in [0.5, 0.6) is 5.75 Å². The van der Waals surface area contributed by atoms with Crippen LogP contribution in [0.2, 0.25) is 5.02 Å². The normalized spacial score (nSPS) is 18.3. The number of primary amides is 1. The number of halogens is 4. The van der Waals surface area contributed by atoms with Crippen LogP contribution >= 0.6 is 24.0 Å². The van der Waals surface area contributed by atoms with Crippen molar-refractivity contribution in [2.24, 2.45) is 5.73 Å². The highest BCUT2D eigenvalue weighted by molar-refractivity contribution is 6.34. The molecule has 2 heterocycles. The van der Waals surface area contributed by atoms with Crippen molar-refractivity contribution in [1.29, 1.82) is 0 Å². The molecule has 3 aromatic carbocycles. The molecule has 1 fully saturated rings. The minimum absolute atomic E-state index is 0. The second-order valence-electron chi connectivity index (χ2n) is 8.68. The molecule has 2 aliphatic rings. The number of aliphatic hydroxyl groups excluding tert-OH is 1. The Morgan fingerprint density at radius 2 is 1.94 bits per heavy atom. The number of rotatable bonds is 6. The molecule has 3 aromatic rings. The number of fused-ring (bicyclic) bond motifs is 3. The number of benzene rings is 3. The van der Waals surface area contributed by atoms with Crippen LogP contribution in [-0.2, 0) is 12.0 Å². The van der Waals surface area contributed by atoms with Gasteiger partial charge in [0.2, 0.25) is 5.91 Å². The van der Waals surface area contributed by atoms with E-state index >= 15 is 8.78 Å². The van der Waals surface area contributed by atoms with Crippen molar-refractivity contribution < 1.29 is 23.4 Å². The lowest BCUT2D eigenvalue weighted by Crippen LogP contribution is -2.57. The van der Waals surface area contributed by atoms with Crippen molar-refractivity contribution in [3.05, 3.63) is 81.9 Å². The first-order valence-electron chi connectivity index (χ1n) is 11.3. The van der Waals surface area contributed by atoms with Crippen molar-refractivity contribution in [3.63, 3.8) is 0 Å². The summed E-state index contributed by atoms with van der Waals surface area (Å²) in [6, 6.07) is 13.8. The number of hydrogen-bond donors (Lipinski definition) is 3. The van der Waals surface area contributed by atoms with Gasteiger partial charge >= 0.3 is 0 Å². The fourth-order valence-corrected chi connectivity index (χ4v) is 5.57. The first-order valence-corrected chi connectivity index (χ1v) is 11.7. The van der Waals surface area contributed by atoms with Crippen LogP contribution < -0.4 is 20.7 Å². The van der Waals surface area contributed by atoms with E-state index in [0.29, 0.717) is 37.3 Å². The molecule has 0 saturated carbocycles. The molecule has 4 N–H and O–H groups in total. The van der Waals surface area contributed by atoms with Crippen LogP contribution in [0.1, 0.15) is 21.5 Å². The van der Waals surface area contributed by atoms with Gasteiger partial charge in [-0.05, 0) is 29.3 Å². The van der Waals surface area contributed by atoms with E-state index in [-0.39, 0.29) is 53.1 Å². The molecular weight excluding hydrogens is 511 g/mol. The van der Waals surface area contributed by atoms with Gasteiger partial charge in [0, 0.05) is 42.9 Å². The summed E-state index contributed by atoms with van der Waals surface area (Å²) in [6.07, 6.45) is 0.411. The molecule has 0 radical (unpaired) electrons. The number of amides is 1.